The van der Waals surface area contributed by atoms with Gasteiger partial charge in [0, 0.05) is 17.7 Å². The van der Waals surface area contributed by atoms with Gasteiger partial charge in [-0.25, -0.2) is 4.79 Å². The van der Waals surface area contributed by atoms with E-state index in [1.54, 1.807) is 21.1 Å². The van der Waals surface area contributed by atoms with Crippen LogP contribution in [0.1, 0.15) is 69.8 Å². The van der Waals surface area contributed by atoms with Crippen molar-refractivity contribution in [2.45, 2.75) is 45.4 Å². The largest absolute Gasteiger partial charge is 0.493 e. The third-order valence-corrected chi connectivity index (χ3v) is 5.30. The number of Topliss-reactive ketones (excluding diaryl/α,β-unsaturated/α-hetero) is 1. The monoisotopic (exact) mass is 385 g/mol. The van der Waals surface area contributed by atoms with Crippen molar-refractivity contribution >= 4 is 11.8 Å². The standard InChI is InChI=1S/C22H27NO5/c1-5-6-9-28-22(25)21-13(2)20-16(23-21)10-15(11-17(20)24)14-7-8-18(26-3)19(12-14)27-4/h7-8,12,15,23H,5-6,9-11H2,1-4H3. The van der Waals surface area contributed by atoms with E-state index in [0.29, 0.717) is 47.8 Å². The number of esters is 1. The number of carbonyl (C=O) groups excluding carboxylic acids is 2. The summed E-state index contributed by atoms with van der Waals surface area (Å²) in [5.74, 6) is 0.961. The first-order chi connectivity index (χ1) is 13.5. The van der Waals surface area contributed by atoms with E-state index in [9.17, 15) is 9.59 Å². The van der Waals surface area contributed by atoms with Crippen molar-refractivity contribution in [3.05, 3.63) is 46.3 Å². The molecule has 150 valence electrons. The summed E-state index contributed by atoms with van der Waals surface area (Å²) >= 11 is 0. The molecule has 1 aliphatic rings. The topological polar surface area (TPSA) is 77.6 Å². The van der Waals surface area contributed by atoms with E-state index in [0.717, 1.165) is 24.1 Å². The molecular weight excluding hydrogens is 358 g/mol. The van der Waals surface area contributed by atoms with Gasteiger partial charge in [-0.1, -0.05) is 19.4 Å². The van der Waals surface area contributed by atoms with Gasteiger partial charge in [-0.2, -0.15) is 0 Å². The summed E-state index contributed by atoms with van der Waals surface area (Å²) in [5, 5.41) is 0. The number of carbonyl (C=O) groups is 2. The first-order valence-electron chi connectivity index (χ1n) is 9.63. The van der Waals surface area contributed by atoms with Crippen molar-refractivity contribution in [1.82, 2.24) is 4.98 Å². The number of aromatic nitrogens is 1. The summed E-state index contributed by atoms with van der Waals surface area (Å²) < 4.78 is 16.0. The zero-order valence-corrected chi connectivity index (χ0v) is 16.9. The highest BCUT2D eigenvalue weighted by Gasteiger charge is 2.32. The average Bonchev–Trinajstić information content (AvgIpc) is 3.04. The van der Waals surface area contributed by atoms with E-state index in [-0.39, 0.29) is 11.7 Å². The first kappa shape index (κ1) is 20.0. The van der Waals surface area contributed by atoms with Gasteiger partial charge < -0.3 is 19.2 Å². The fourth-order valence-electron chi connectivity index (χ4n) is 3.76. The highest BCUT2D eigenvalue weighted by atomic mass is 16.5. The van der Waals surface area contributed by atoms with Crippen LogP contribution < -0.4 is 9.47 Å². The third kappa shape index (κ3) is 3.77. The minimum absolute atomic E-state index is 0.0156. The predicted molar refractivity (Wildman–Crippen MR) is 106 cm³/mol. The molecule has 1 aromatic heterocycles. The molecule has 0 fully saturated rings. The van der Waals surface area contributed by atoms with Crippen LogP contribution in [-0.2, 0) is 11.2 Å². The number of methoxy groups -OCH3 is 2. The van der Waals surface area contributed by atoms with E-state index < -0.39 is 5.97 Å². The minimum Gasteiger partial charge on any atom is -0.493 e. The maximum absolute atomic E-state index is 12.8. The molecule has 6 heteroatoms. The molecule has 0 saturated carbocycles. The Balaban J connectivity index is 1.86. The smallest absolute Gasteiger partial charge is 0.355 e. The fraction of sp³-hybridized carbons (Fsp3) is 0.455. The van der Waals surface area contributed by atoms with Crippen LogP contribution in [0.15, 0.2) is 18.2 Å². The van der Waals surface area contributed by atoms with Crippen molar-refractivity contribution < 1.29 is 23.8 Å². The van der Waals surface area contributed by atoms with E-state index >= 15 is 0 Å². The predicted octanol–water partition coefficient (Wildman–Crippen LogP) is 4.21. The molecule has 1 N–H and O–H groups in total. The van der Waals surface area contributed by atoms with Crippen LogP contribution in [-0.4, -0.2) is 37.6 Å². The number of hydrogen-bond acceptors (Lipinski definition) is 5. The molecular formula is C22H27NO5. The average molecular weight is 385 g/mol. The van der Waals surface area contributed by atoms with Crippen LogP contribution in [0.2, 0.25) is 0 Å². The molecule has 1 unspecified atom stereocenters. The van der Waals surface area contributed by atoms with Gasteiger partial charge in [-0.05, 0) is 48.9 Å². The number of hydrogen-bond donors (Lipinski definition) is 1. The van der Waals surface area contributed by atoms with Crippen LogP contribution in [0.25, 0.3) is 0 Å². The number of fused-ring (bicyclic) bond motifs is 1. The summed E-state index contributed by atoms with van der Waals surface area (Å²) in [6, 6.07) is 5.72. The molecule has 1 atom stereocenters. The molecule has 2 aromatic rings. The molecule has 3 rings (SSSR count). The number of ether oxygens (including phenoxy) is 3. The van der Waals surface area contributed by atoms with Gasteiger partial charge in [0.05, 0.1) is 20.8 Å². The number of rotatable bonds is 7. The summed E-state index contributed by atoms with van der Waals surface area (Å²) in [6.07, 6.45) is 2.83. The highest BCUT2D eigenvalue weighted by molar-refractivity contribution is 6.03. The Labute approximate surface area is 165 Å². The van der Waals surface area contributed by atoms with Crippen molar-refractivity contribution in [1.29, 1.82) is 0 Å². The van der Waals surface area contributed by atoms with Crippen LogP contribution in [0.3, 0.4) is 0 Å². The van der Waals surface area contributed by atoms with Gasteiger partial charge in [0.25, 0.3) is 0 Å². The van der Waals surface area contributed by atoms with Crippen LogP contribution >= 0.6 is 0 Å². The normalized spacial score (nSPS) is 15.9. The van der Waals surface area contributed by atoms with Crippen LogP contribution in [0.5, 0.6) is 11.5 Å². The zero-order valence-electron chi connectivity index (χ0n) is 16.9. The molecule has 1 aromatic carbocycles. The van der Waals surface area contributed by atoms with Gasteiger partial charge in [-0.15, -0.1) is 0 Å². The Morgan fingerprint density at radius 3 is 2.61 bits per heavy atom. The lowest BCUT2D eigenvalue weighted by Gasteiger charge is -2.23. The summed E-state index contributed by atoms with van der Waals surface area (Å²) in [5.41, 5.74) is 3.53. The first-order valence-corrected chi connectivity index (χ1v) is 9.63. The van der Waals surface area contributed by atoms with Crippen molar-refractivity contribution in [2.75, 3.05) is 20.8 Å². The Bertz CT molecular complexity index is 883. The van der Waals surface area contributed by atoms with Crippen molar-refractivity contribution in [3.8, 4) is 11.5 Å². The molecule has 0 spiro atoms. The van der Waals surface area contributed by atoms with Gasteiger partial charge >= 0.3 is 5.97 Å². The SMILES string of the molecule is CCCCOC(=O)c1[nH]c2c(c1C)C(=O)CC(c1ccc(OC)c(OC)c1)C2. The van der Waals surface area contributed by atoms with Gasteiger partial charge in [0.1, 0.15) is 5.69 Å². The van der Waals surface area contributed by atoms with Gasteiger partial charge in [-0.3, -0.25) is 4.79 Å². The summed E-state index contributed by atoms with van der Waals surface area (Å²) in [7, 11) is 3.19. The molecule has 0 saturated heterocycles. The second-order valence-corrected chi connectivity index (χ2v) is 7.11. The number of aromatic amines is 1. The second kappa shape index (κ2) is 8.50. The minimum atomic E-state index is -0.393. The molecule has 0 radical (unpaired) electrons. The lowest BCUT2D eigenvalue weighted by molar-refractivity contribution is 0.0492. The number of H-pyrrole nitrogens is 1. The van der Waals surface area contributed by atoms with Gasteiger partial charge in [0.2, 0.25) is 0 Å². The highest BCUT2D eigenvalue weighted by Crippen LogP contribution is 2.38. The lowest BCUT2D eigenvalue weighted by Crippen LogP contribution is -2.18. The zero-order chi connectivity index (χ0) is 20.3. The molecule has 0 amide bonds. The van der Waals surface area contributed by atoms with Crippen molar-refractivity contribution in [2.24, 2.45) is 0 Å². The van der Waals surface area contributed by atoms with E-state index in [1.165, 1.54) is 0 Å². The Morgan fingerprint density at radius 2 is 1.93 bits per heavy atom. The quantitative estimate of drug-likeness (QED) is 0.571. The second-order valence-electron chi connectivity index (χ2n) is 7.11. The number of nitrogens with one attached hydrogen (secondary N) is 1. The van der Waals surface area contributed by atoms with Crippen LogP contribution in [0, 0.1) is 6.92 Å². The summed E-state index contributed by atoms with van der Waals surface area (Å²) in [4.78, 5) is 28.4. The molecule has 6 nitrogen and oxygen atoms in total. The number of ketones is 1. The number of unbranched alkanes of at least 4 members (excludes halogenated alkanes) is 1. The summed E-state index contributed by atoms with van der Waals surface area (Å²) in [6.45, 7) is 4.24. The van der Waals surface area contributed by atoms with Crippen molar-refractivity contribution in [3.63, 3.8) is 0 Å². The van der Waals surface area contributed by atoms with Crippen LogP contribution in [0.4, 0.5) is 0 Å². The lowest BCUT2D eigenvalue weighted by atomic mass is 9.81. The molecule has 0 bridgehead atoms. The molecule has 28 heavy (non-hydrogen) atoms. The van der Waals surface area contributed by atoms with E-state index in [4.69, 9.17) is 14.2 Å². The van der Waals surface area contributed by atoms with Gasteiger partial charge in [0.15, 0.2) is 17.3 Å². The van der Waals surface area contributed by atoms with E-state index in [1.807, 2.05) is 25.1 Å². The Morgan fingerprint density at radius 1 is 1.18 bits per heavy atom. The Hall–Kier alpha value is -2.76. The maximum Gasteiger partial charge on any atom is 0.355 e. The third-order valence-electron chi connectivity index (χ3n) is 5.30. The molecule has 1 aliphatic carbocycles. The maximum atomic E-state index is 12.8. The molecule has 0 aliphatic heterocycles. The Kier molecular flexibility index (Phi) is 6.07. The fourth-order valence-corrected chi connectivity index (χ4v) is 3.76. The molecule has 1 heterocycles. The van der Waals surface area contributed by atoms with E-state index in [2.05, 4.69) is 4.98 Å². The number of benzene rings is 1.